The van der Waals surface area contributed by atoms with Crippen LogP contribution in [0.2, 0.25) is 0 Å². The monoisotopic (exact) mass is 244 g/mol. The molecule has 1 atom stereocenters. The van der Waals surface area contributed by atoms with Crippen LogP contribution in [0.4, 0.5) is 10.5 Å². The van der Waals surface area contributed by atoms with Crippen molar-refractivity contribution in [1.82, 2.24) is 10.6 Å². The Morgan fingerprint density at radius 3 is 3.17 bits per heavy atom. The van der Waals surface area contributed by atoms with Crippen molar-refractivity contribution < 1.29 is 4.79 Å². The number of nitrogens with zero attached hydrogens (tertiary/aromatic N) is 2. The molecule has 1 aromatic carbocycles. The molecule has 1 aromatic rings. The lowest BCUT2D eigenvalue weighted by Crippen LogP contribution is -2.53. The van der Waals surface area contributed by atoms with Gasteiger partial charge < -0.3 is 10.6 Å². The molecule has 18 heavy (non-hydrogen) atoms. The molecule has 0 radical (unpaired) electrons. The third-order valence-electron chi connectivity index (χ3n) is 3.01. The maximum absolute atomic E-state index is 11.9. The number of benzene rings is 1. The van der Waals surface area contributed by atoms with Crippen LogP contribution < -0.4 is 15.5 Å². The molecule has 2 N–H and O–H groups in total. The molecule has 2 amide bonds. The van der Waals surface area contributed by atoms with E-state index < -0.39 is 0 Å². The number of hydrogen-bond acceptors (Lipinski definition) is 3. The van der Waals surface area contributed by atoms with E-state index in [9.17, 15) is 4.79 Å². The van der Waals surface area contributed by atoms with E-state index in [4.69, 9.17) is 5.26 Å². The predicted octanol–water partition coefficient (Wildman–Crippen LogP) is 0.923. The zero-order valence-electron chi connectivity index (χ0n) is 10.3. The smallest absolute Gasteiger partial charge is 0.321 e. The normalized spacial score (nSPS) is 19.2. The van der Waals surface area contributed by atoms with Crippen LogP contribution in [0.1, 0.15) is 5.56 Å². The summed E-state index contributed by atoms with van der Waals surface area (Å²) in [7, 11) is 1.90. The summed E-state index contributed by atoms with van der Waals surface area (Å²) in [6, 6.07) is 9.10. The van der Waals surface area contributed by atoms with Crippen molar-refractivity contribution in [3.8, 4) is 6.07 Å². The molecule has 1 fully saturated rings. The summed E-state index contributed by atoms with van der Waals surface area (Å²) in [5.41, 5.74) is 1.34. The summed E-state index contributed by atoms with van der Waals surface area (Å²) in [6.07, 6.45) is 0. The maximum atomic E-state index is 11.9. The number of nitrogens with one attached hydrogen (secondary N) is 2. The first kappa shape index (κ1) is 12.4. The van der Waals surface area contributed by atoms with Gasteiger partial charge in [0.2, 0.25) is 0 Å². The van der Waals surface area contributed by atoms with Gasteiger partial charge in [0.25, 0.3) is 0 Å². The van der Waals surface area contributed by atoms with E-state index in [1.165, 1.54) is 0 Å². The zero-order chi connectivity index (χ0) is 13.0. The van der Waals surface area contributed by atoms with Gasteiger partial charge in [-0.25, -0.2) is 4.79 Å². The topological polar surface area (TPSA) is 68.2 Å². The fraction of sp³-hybridized carbons (Fsp3) is 0.385. The van der Waals surface area contributed by atoms with Crippen molar-refractivity contribution in [2.24, 2.45) is 5.92 Å². The Bertz CT molecular complexity index is 480. The number of anilines is 1. The van der Waals surface area contributed by atoms with Gasteiger partial charge in [0, 0.05) is 31.2 Å². The van der Waals surface area contributed by atoms with Crippen molar-refractivity contribution in [2.45, 2.75) is 0 Å². The van der Waals surface area contributed by atoms with Crippen LogP contribution in [0.15, 0.2) is 24.3 Å². The van der Waals surface area contributed by atoms with Gasteiger partial charge in [0.05, 0.1) is 11.6 Å². The third kappa shape index (κ3) is 2.60. The highest BCUT2D eigenvalue weighted by Gasteiger charge is 2.25. The van der Waals surface area contributed by atoms with Crippen LogP contribution in [-0.2, 0) is 0 Å². The summed E-state index contributed by atoms with van der Waals surface area (Å²) < 4.78 is 0. The molecule has 1 heterocycles. The first-order valence-electron chi connectivity index (χ1n) is 5.94. The van der Waals surface area contributed by atoms with Gasteiger partial charge in [-0.3, -0.25) is 4.90 Å². The van der Waals surface area contributed by atoms with Gasteiger partial charge in [-0.1, -0.05) is 6.07 Å². The Morgan fingerprint density at radius 2 is 2.44 bits per heavy atom. The highest BCUT2D eigenvalue weighted by atomic mass is 16.2. The van der Waals surface area contributed by atoms with Crippen LogP contribution >= 0.6 is 0 Å². The molecule has 0 bridgehead atoms. The predicted molar refractivity (Wildman–Crippen MR) is 69.3 cm³/mol. The Balaban J connectivity index is 2.19. The maximum Gasteiger partial charge on any atom is 0.321 e. The summed E-state index contributed by atoms with van der Waals surface area (Å²) in [4.78, 5) is 13.5. The van der Waals surface area contributed by atoms with Crippen LogP contribution in [0.25, 0.3) is 0 Å². The highest BCUT2D eigenvalue weighted by molar-refractivity contribution is 5.92. The zero-order valence-corrected chi connectivity index (χ0v) is 10.3. The van der Waals surface area contributed by atoms with Crippen molar-refractivity contribution in [2.75, 3.05) is 31.6 Å². The number of carbonyl (C=O) groups excluding carboxylic acids is 1. The number of urea groups is 1. The summed E-state index contributed by atoms with van der Waals surface area (Å²) in [5.74, 6) is 0.374. The minimum atomic E-state index is -0.0996. The molecular weight excluding hydrogens is 228 g/mol. The fourth-order valence-corrected chi connectivity index (χ4v) is 2.12. The largest absolute Gasteiger partial charge is 0.337 e. The van der Waals surface area contributed by atoms with E-state index in [0.29, 0.717) is 24.6 Å². The number of carbonyl (C=O) groups is 1. The van der Waals surface area contributed by atoms with Gasteiger partial charge in [-0.2, -0.15) is 5.26 Å². The second kappa shape index (κ2) is 5.52. The molecule has 5 nitrogen and oxygen atoms in total. The second-order valence-corrected chi connectivity index (χ2v) is 4.38. The van der Waals surface area contributed by atoms with E-state index in [1.807, 2.05) is 13.1 Å². The number of hydrogen-bond donors (Lipinski definition) is 2. The van der Waals surface area contributed by atoms with E-state index in [1.54, 1.807) is 23.1 Å². The lowest BCUT2D eigenvalue weighted by Gasteiger charge is -2.33. The molecule has 0 aromatic heterocycles. The molecule has 1 unspecified atom stereocenters. The van der Waals surface area contributed by atoms with Crippen molar-refractivity contribution in [1.29, 1.82) is 5.26 Å². The summed E-state index contributed by atoms with van der Waals surface area (Å²) in [6.45, 7) is 2.21. The number of nitriles is 1. The molecule has 1 saturated heterocycles. The van der Waals surface area contributed by atoms with E-state index in [2.05, 4.69) is 16.7 Å². The molecule has 1 aliphatic rings. The second-order valence-electron chi connectivity index (χ2n) is 4.38. The Labute approximate surface area is 106 Å². The van der Waals surface area contributed by atoms with Crippen LogP contribution in [0.5, 0.6) is 0 Å². The van der Waals surface area contributed by atoms with Gasteiger partial charge in [-0.15, -0.1) is 0 Å². The Hall–Kier alpha value is -2.06. The first-order valence-corrected chi connectivity index (χ1v) is 5.94. The van der Waals surface area contributed by atoms with E-state index in [-0.39, 0.29) is 6.03 Å². The van der Waals surface area contributed by atoms with E-state index in [0.717, 1.165) is 12.2 Å². The van der Waals surface area contributed by atoms with Gasteiger partial charge in [0.15, 0.2) is 0 Å². The molecule has 1 aliphatic heterocycles. The average molecular weight is 244 g/mol. The Morgan fingerprint density at radius 1 is 1.61 bits per heavy atom. The fourth-order valence-electron chi connectivity index (χ4n) is 2.12. The lowest BCUT2D eigenvalue weighted by molar-refractivity contribution is 0.236. The van der Waals surface area contributed by atoms with Gasteiger partial charge in [0.1, 0.15) is 0 Å². The van der Waals surface area contributed by atoms with Crippen molar-refractivity contribution in [3.63, 3.8) is 0 Å². The Kier molecular flexibility index (Phi) is 3.80. The minimum absolute atomic E-state index is 0.0996. The first-order chi connectivity index (χ1) is 8.74. The average Bonchev–Trinajstić information content (AvgIpc) is 2.41. The standard InChI is InChI=1S/C13H16N4O/c1-15-7-11-8-16-13(18)17(9-11)12-4-2-3-10(5-12)6-14/h2-5,11,15H,7-9H2,1H3,(H,16,18). The summed E-state index contributed by atoms with van der Waals surface area (Å²) >= 11 is 0. The van der Waals surface area contributed by atoms with Crippen LogP contribution in [0.3, 0.4) is 0 Å². The van der Waals surface area contributed by atoms with Crippen molar-refractivity contribution in [3.05, 3.63) is 29.8 Å². The SMILES string of the molecule is CNCC1CNC(=O)N(c2cccc(C#N)c2)C1. The van der Waals surface area contributed by atoms with Crippen LogP contribution in [0, 0.1) is 17.2 Å². The van der Waals surface area contributed by atoms with Crippen LogP contribution in [-0.4, -0.2) is 32.7 Å². The molecule has 2 rings (SSSR count). The number of amides is 2. The van der Waals surface area contributed by atoms with Gasteiger partial charge >= 0.3 is 6.03 Å². The molecule has 0 spiro atoms. The van der Waals surface area contributed by atoms with Gasteiger partial charge in [-0.05, 0) is 25.2 Å². The highest BCUT2D eigenvalue weighted by Crippen LogP contribution is 2.19. The third-order valence-corrected chi connectivity index (χ3v) is 3.01. The number of rotatable bonds is 3. The molecule has 0 saturated carbocycles. The summed E-state index contributed by atoms with van der Waals surface area (Å²) in [5, 5.41) is 14.9. The lowest BCUT2D eigenvalue weighted by atomic mass is 10.1. The minimum Gasteiger partial charge on any atom is -0.337 e. The molecule has 5 heteroatoms. The quantitative estimate of drug-likeness (QED) is 0.831. The van der Waals surface area contributed by atoms with Crippen molar-refractivity contribution >= 4 is 11.7 Å². The molecule has 0 aliphatic carbocycles. The van der Waals surface area contributed by atoms with E-state index >= 15 is 0 Å². The molecular formula is C13H16N4O. The molecule has 94 valence electrons.